The van der Waals surface area contributed by atoms with Crippen LogP contribution in [0.2, 0.25) is 0 Å². The number of likely N-dealkylation sites (N-methyl/N-ethyl adjacent to an activating group) is 1. The molecule has 1 unspecified atom stereocenters. The Balaban J connectivity index is 2.09. The second kappa shape index (κ2) is 6.62. The van der Waals surface area contributed by atoms with Crippen LogP contribution in [0.3, 0.4) is 0 Å². The molecule has 7 heteroatoms. The maximum atomic E-state index is 11.1. The molecule has 1 heterocycles. The Labute approximate surface area is 121 Å². The van der Waals surface area contributed by atoms with E-state index in [0.717, 1.165) is 21.9 Å². The van der Waals surface area contributed by atoms with Gasteiger partial charge < -0.3 is 20.8 Å². The van der Waals surface area contributed by atoms with Crippen molar-refractivity contribution in [3.63, 3.8) is 0 Å². The molecule has 1 aromatic heterocycles. The molecule has 0 saturated heterocycles. The van der Waals surface area contributed by atoms with Gasteiger partial charge in [0, 0.05) is 11.8 Å². The molecule has 0 saturated carbocycles. The second-order valence-electron chi connectivity index (χ2n) is 4.21. The summed E-state index contributed by atoms with van der Waals surface area (Å²) in [5, 5.41) is 3.63. The zero-order chi connectivity index (χ0) is 14.5. The second-order valence-corrected chi connectivity index (χ2v) is 5.22. The number of primary amides is 1. The number of imidazole rings is 1. The molecule has 0 bridgehead atoms. The van der Waals surface area contributed by atoms with Gasteiger partial charge in [-0.05, 0) is 26.1 Å². The average molecular weight is 294 g/mol. The van der Waals surface area contributed by atoms with Gasteiger partial charge in [-0.15, -0.1) is 0 Å². The minimum Gasteiger partial charge on any atom is -0.494 e. The maximum absolute atomic E-state index is 11.1. The predicted octanol–water partition coefficient (Wildman–Crippen LogP) is 1.13. The minimum atomic E-state index is -0.368. The SMILES string of the molecule is CCOc1ccc2nc(SCC(NC)C(N)=O)[nH]c2c1. The largest absolute Gasteiger partial charge is 0.494 e. The Kier molecular flexibility index (Phi) is 4.86. The van der Waals surface area contributed by atoms with Gasteiger partial charge in [-0.1, -0.05) is 11.8 Å². The number of nitrogens with one attached hydrogen (secondary N) is 2. The van der Waals surface area contributed by atoms with Crippen LogP contribution in [0.4, 0.5) is 0 Å². The van der Waals surface area contributed by atoms with E-state index in [-0.39, 0.29) is 11.9 Å². The first-order valence-corrected chi connectivity index (χ1v) is 7.34. The molecule has 2 rings (SSSR count). The first-order valence-electron chi connectivity index (χ1n) is 6.36. The normalized spacial score (nSPS) is 12.5. The molecule has 1 amide bonds. The Morgan fingerprint density at radius 3 is 3.05 bits per heavy atom. The topological polar surface area (TPSA) is 93.0 Å². The van der Waals surface area contributed by atoms with E-state index >= 15 is 0 Å². The minimum absolute atomic E-state index is 0.366. The Morgan fingerprint density at radius 1 is 1.60 bits per heavy atom. The summed E-state index contributed by atoms with van der Waals surface area (Å²) in [4.78, 5) is 18.8. The molecule has 6 nitrogen and oxygen atoms in total. The average Bonchev–Trinajstić information content (AvgIpc) is 2.81. The van der Waals surface area contributed by atoms with Gasteiger partial charge in [0.1, 0.15) is 5.75 Å². The number of carbonyl (C=O) groups excluding carboxylic acids is 1. The van der Waals surface area contributed by atoms with Gasteiger partial charge in [-0.2, -0.15) is 0 Å². The highest BCUT2D eigenvalue weighted by Gasteiger charge is 2.14. The van der Waals surface area contributed by atoms with Crippen LogP contribution >= 0.6 is 11.8 Å². The number of hydrogen-bond acceptors (Lipinski definition) is 5. The third kappa shape index (κ3) is 3.43. The van der Waals surface area contributed by atoms with Gasteiger partial charge >= 0.3 is 0 Å². The van der Waals surface area contributed by atoms with Gasteiger partial charge in [-0.3, -0.25) is 4.79 Å². The number of fused-ring (bicyclic) bond motifs is 1. The van der Waals surface area contributed by atoms with Crippen LogP contribution in [0.25, 0.3) is 11.0 Å². The monoisotopic (exact) mass is 294 g/mol. The van der Waals surface area contributed by atoms with Crippen molar-refractivity contribution in [1.29, 1.82) is 0 Å². The van der Waals surface area contributed by atoms with Crippen molar-refractivity contribution in [3.8, 4) is 5.75 Å². The third-order valence-electron chi connectivity index (χ3n) is 2.82. The van der Waals surface area contributed by atoms with Gasteiger partial charge in [0.15, 0.2) is 5.16 Å². The molecule has 108 valence electrons. The molecule has 20 heavy (non-hydrogen) atoms. The summed E-state index contributed by atoms with van der Waals surface area (Å²) >= 11 is 1.46. The summed E-state index contributed by atoms with van der Waals surface area (Å²) in [6.07, 6.45) is 0. The van der Waals surface area contributed by atoms with Crippen LogP contribution in [0.1, 0.15) is 6.92 Å². The van der Waals surface area contributed by atoms with Crippen molar-refractivity contribution < 1.29 is 9.53 Å². The molecule has 0 fully saturated rings. The zero-order valence-electron chi connectivity index (χ0n) is 11.5. The van der Waals surface area contributed by atoms with Crippen LogP contribution in [-0.2, 0) is 4.79 Å². The maximum Gasteiger partial charge on any atom is 0.235 e. The number of H-pyrrole nitrogens is 1. The highest BCUT2D eigenvalue weighted by atomic mass is 32.2. The third-order valence-corrected chi connectivity index (χ3v) is 3.79. The highest BCUT2D eigenvalue weighted by molar-refractivity contribution is 7.99. The number of nitrogens with zero attached hydrogens (tertiary/aromatic N) is 1. The van der Waals surface area contributed by atoms with Crippen LogP contribution in [0.15, 0.2) is 23.4 Å². The standard InChI is InChI=1S/C13H18N4O2S/c1-3-19-8-4-5-9-10(6-8)17-13(16-9)20-7-11(15-2)12(14)18/h4-6,11,15H,3,7H2,1-2H3,(H2,14,18)(H,16,17). The molecule has 4 N–H and O–H groups in total. The van der Waals surface area contributed by atoms with E-state index in [1.807, 2.05) is 25.1 Å². The van der Waals surface area contributed by atoms with Crippen molar-refractivity contribution in [2.75, 3.05) is 19.4 Å². The summed E-state index contributed by atoms with van der Waals surface area (Å²) in [7, 11) is 1.71. The lowest BCUT2D eigenvalue weighted by Crippen LogP contribution is -2.41. The predicted molar refractivity (Wildman–Crippen MR) is 80.0 cm³/mol. The van der Waals surface area contributed by atoms with Crippen molar-refractivity contribution in [2.24, 2.45) is 5.73 Å². The Hall–Kier alpha value is -1.73. The molecular formula is C13H18N4O2S. The number of carbonyl (C=O) groups is 1. The van der Waals surface area contributed by atoms with E-state index in [9.17, 15) is 4.79 Å². The van der Waals surface area contributed by atoms with Crippen LogP contribution in [0.5, 0.6) is 5.75 Å². The van der Waals surface area contributed by atoms with E-state index in [2.05, 4.69) is 15.3 Å². The van der Waals surface area contributed by atoms with E-state index < -0.39 is 0 Å². The number of nitrogens with two attached hydrogens (primary N) is 1. The van der Waals surface area contributed by atoms with E-state index in [4.69, 9.17) is 10.5 Å². The zero-order valence-corrected chi connectivity index (χ0v) is 12.3. The summed E-state index contributed by atoms with van der Waals surface area (Å²) in [6.45, 7) is 2.57. The summed E-state index contributed by atoms with van der Waals surface area (Å²) in [6, 6.07) is 5.34. The smallest absolute Gasteiger partial charge is 0.235 e. The fourth-order valence-electron chi connectivity index (χ4n) is 1.76. The van der Waals surface area contributed by atoms with Crippen molar-refractivity contribution in [2.45, 2.75) is 18.1 Å². The van der Waals surface area contributed by atoms with Crippen molar-refractivity contribution in [3.05, 3.63) is 18.2 Å². The fourth-order valence-corrected chi connectivity index (χ4v) is 2.76. The van der Waals surface area contributed by atoms with Gasteiger partial charge in [0.2, 0.25) is 5.91 Å². The summed E-state index contributed by atoms with van der Waals surface area (Å²) in [5.41, 5.74) is 7.06. The molecule has 1 atom stereocenters. The number of rotatable bonds is 7. The number of aromatic nitrogens is 2. The lowest BCUT2D eigenvalue weighted by atomic mass is 10.3. The first kappa shape index (κ1) is 14.7. The molecule has 0 aliphatic rings. The highest BCUT2D eigenvalue weighted by Crippen LogP contribution is 2.23. The summed E-state index contributed by atoms with van der Waals surface area (Å²) in [5.74, 6) is 0.976. The van der Waals surface area contributed by atoms with Gasteiger partial charge in [0.25, 0.3) is 0 Å². The molecule has 0 radical (unpaired) electrons. The number of amides is 1. The molecule has 0 aliphatic carbocycles. The van der Waals surface area contributed by atoms with E-state index in [1.165, 1.54) is 11.8 Å². The van der Waals surface area contributed by atoms with Gasteiger partial charge in [0.05, 0.1) is 23.7 Å². The number of aromatic amines is 1. The van der Waals surface area contributed by atoms with E-state index in [0.29, 0.717) is 12.4 Å². The molecule has 0 aliphatic heterocycles. The van der Waals surface area contributed by atoms with Gasteiger partial charge in [-0.25, -0.2) is 4.98 Å². The lowest BCUT2D eigenvalue weighted by Gasteiger charge is -2.09. The molecule has 1 aromatic carbocycles. The van der Waals surface area contributed by atoms with Crippen LogP contribution in [-0.4, -0.2) is 41.3 Å². The fraction of sp³-hybridized carbons (Fsp3) is 0.385. The first-order chi connectivity index (χ1) is 9.63. The molecule has 2 aromatic rings. The molecular weight excluding hydrogens is 276 g/mol. The summed E-state index contributed by atoms with van der Waals surface area (Å²) < 4.78 is 5.44. The number of hydrogen-bond donors (Lipinski definition) is 3. The Morgan fingerprint density at radius 2 is 2.40 bits per heavy atom. The number of benzene rings is 1. The number of thioether (sulfide) groups is 1. The Bertz CT molecular complexity index is 599. The van der Waals surface area contributed by atoms with Crippen LogP contribution in [0, 0.1) is 0 Å². The van der Waals surface area contributed by atoms with Crippen molar-refractivity contribution in [1.82, 2.24) is 15.3 Å². The van der Waals surface area contributed by atoms with E-state index in [1.54, 1.807) is 7.05 Å². The van der Waals surface area contributed by atoms with Crippen LogP contribution < -0.4 is 15.8 Å². The lowest BCUT2D eigenvalue weighted by molar-refractivity contribution is -0.119. The quantitative estimate of drug-likeness (QED) is 0.666. The van der Waals surface area contributed by atoms with Crippen molar-refractivity contribution >= 4 is 28.7 Å². The number of ether oxygens (including phenoxy) is 1. The molecule has 0 spiro atoms.